The molecule has 142 valence electrons. The van der Waals surface area contributed by atoms with E-state index >= 15 is 0 Å². The summed E-state index contributed by atoms with van der Waals surface area (Å²) in [7, 11) is 0. The summed E-state index contributed by atoms with van der Waals surface area (Å²) in [6.07, 6.45) is 1.12. The third kappa shape index (κ3) is 4.05. The van der Waals surface area contributed by atoms with Crippen molar-refractivity contribution in [3.8, 4) is 5.69 Å². The Morgan fingerprint density at radius 1 is 1.22 bits per heavy atom. The first-order chi connectivity index (χ1) is 12.7. The van der Waals surface area contributed by atoms with Crippen LogP contribution < -0.4 is 10.9 Å². The van der Waals surface area contributed by atoms with Crippen LogP contribution in [0.5, 0.6) is 0 Å². The van der Waals surface area contributed by atoms with Gasteiger partial charge in [0.1, 0.15) is 11.1 Å². The van der Waals surface area contributed by atoms with Crippen molar-refractivity contribution in [3.63, 3.8) is 0 Å². The highest BCUT2D eigenvalue weighted by Gasteiger charge is 2.23. The van der Waals surface area contributed by atoms with Crippen LogP contribution in [0.1, 0.15) is 39.6 Å². The van der Waals surface area contributed by atoms with Crippen molar-refractivity contribution < 1.29 is 9.53 Å². The number of nitrogens with zero attached hydrogens (tertiary/aromatic N) is 3. The molecule has 0 aliphatic carbocycles. The number of aromatic nitrogens is 3. The van der Waals surface area contributed by atoms with Crippen LogP contribution in [0, 0.1) is 0 Å². The van der Waals surface area contributed by atoms with Gasteiger partial charge < -0.3 is 10.1 Å². The number of benzene rings is 1. The molecule has 8 heteroatoms. The van der Waals surface area contributed by atoms with E-state index < -0.39 is 17.7 Å². The van der Waals surface area contributed by atoms with E-state index in [2.05, 4.69) is 26.3 Å². The van der Waals surface area contributed by atoms with E-state index in [4.69, 9.17) is 4.74 Å². The van der Waals surface area contributed by atoms with E-state index in [0.717, 1.165) is 0 Å². The number of ether oxygens (including phenoxy) is 1. The number of alkyl carbamates (subject to hydrolysis) is 1. The molecule has 0 aliphatic rings. The van der Waals surface area contributed by atoms with Gasteiger partial charge in [-0.15, -0.1) is 0 Å². The van der Waals surface area contributed by atoms with Crippen LogP contribution in [0.15, 0.2) is 51.9 Å². The fourth-order valence-electron chi connectivity index (χ4n) is 2.70. The van der Waals surface area contributed by atoms with Gasteiger partial charge in [-0.25, -0.2) is 9.31 Å². The average molecular weight is 433 g/mol. The van der Waals surface area contributed by atoms with Gasteiger partial charge in [0.2, 0.25) is 0 Å². The minimum Gasteiger partial charge on any atom is -0.444 e. The Labute approximate surface area is 165 Å². The topological polar surface area (TPSA) is 77.6 Å². The summed E-state index contributed by atoms with van der Waals surface area (Å²) in [4.78, 5) is 25.4. The highest BCUT2D eigenvalue weighted by Crippen LogP contribution is 2.20. The summed E-state index contributed by atoms with van der Waals surface area (Å²) in [5.74, 6) is 0.396. The molecule has 0 unspecified atom stereocenters. The fraction of sp³-hybridized carbons (Fsp3) is 0.316. The number of hydrogen-bond acceptors (Lipinski definition) is 4. The lowest BCUT2D eigenvalue weighted by Gasteiger charge is -2.23. The minimum absolute atomic E-state index is 0.235. The van der Waals surface area contributed by atoms with Crippen LogP contribution in [-0.2, 0) is 4.74 Å². The molecule has 1 atom stereocenters. The fourth-order valence-corrected chi connectivity index (χ4v) is 3.17. The van der Waals surface area contributed by atoms with Crippen LogP contribution >= 0.6 is 15.9 Å². The molecule has 0 radical (unpaired) electrons. The number of rotatable bonds is 3. The lowest BCUT2D eigenvalue weighted by atomic mass is 10.2. The molecule has 0 saturated heterocycles. The summed E-state index contributed by atoms with van der Waals surface area (Å²) >= 11 is 3.40. The molecule has 2 heterocycles. The first-order valence-electron chi connectivity index (χ1n) is 8.52. The Morgan fingerprint density at radius 3 is 2.52 bits per heavy atom. The van der Waals surface area contributed by atoms with Gasteiger partial charge in [-0.2, -0.15) is 5.10 Å². The second-order valence-corrected chi connectivity index (χ2v) is 8.01. The van der Waals surface area contributed by atoms with E-state index in [-0.39, 0.29) is 5.56 Å². The molecule has 2 aromatic heterocycles. The first-order valence-corrected chi connectivity index (χ1v) is 9.31. The third-order valence-electron chi connectivity index (χ3n) is 3.80. The first kappa shape index (κ1) is 19.2. The summed E-state index contributed by atoms with van der Waals surface area (Å²) in [6, 6.07) is 10.4. The number of hydrogen-bond donors (Lipinski definition) is 1. The highest BCUT2D eigenvalue weighted by atomic mass is 79.9. The molecular formula is C19H21BrN4O3. The molecule has 0 fully saturated rings. The van der Waals surface area contributed by atoms with E-state index in [1.807, 2.05) is 30.3 Å². The van der Waals surface area contributed by atoms with Crippen LogP contribution in [0.4, 0.5) is 4.79 Å². The van der Waals surface area contributed by atoms with E-state index in [1.165, 1.54) is 9.08 Å². The monoisotopic (exact) mass is 432 g/mol. The zero-order valence-corrected chi connectivity index (χ0v) is 17.1. The molecule has 1 N–H and O–H groups in total. The van der Waals surface area contributed by atoms with Crippen LogP contribution in [0.25, 0.3) is 11.2 Å². The van der Waals surface area contributed by atoms with Crippen molar-refractivity contribution in [3.05, 3.63) is 63.2 Å². The highest BCUT2D eigenvalue weighted by molar-refractivity contribution is 9.10. The Balaban J connectivity index is 2.11. The third-order valence-corrected chi connectivity index (χ3v) is 4.44. The molecular weight excluding hydrogens is 412 g/mol. The number of fused-ring (bicyclic) bond motifs is 1. The zero-order valence-electron chi connectivity index (χ0n) is 15.6. The molecule has 0 aliphatic heterocycles. The Bertz CT molecular complexity index is 1030. The number of para-hydroxylation sites is 1. The summed E-state index contributed by atoms with van der Waals surface area (Å²) in [5.41, 5.74) is 0.234. The SMILES string of the molecule is C[C@H](NC(=O)OC(C)(C)C)c1nn2ccc(Br)c2c(=O)n1-c1ccccc1. The van der Waals surface area contributed by atoms with Crippen molar-refractivity contribution in [1.82, 2.24) is 19.5 Å². The molecule has 3 rings (SSSR count). The number of carbonyl (C=O) groups excluding carboxylic acids is 1. The molecule has 1 aromatic carbocycles. The molecule has 3 aromatic rings. The van der Waals surface area contributed by atoms with E-state index in [0.29, 0.717) is 21.5 Å². The Kier molecular flexibility index (Phi) is 5.10. The molecule has 0 bridgehead atoms. The maximum absolute atomic E-state index is 13.2. The van der Waals surface area contributed by atoms with Crippen molar-refractivity contribution >= 4 is 27.5 Å². The summed E-state index contributed by atoms with van der Waals surface area (Å²) in [6.45, 7) is 7.13. The van der Waals surface area contributed by atoms with Crippen LogP contribution in [0.2, 0.25) is 0 Å². The van der Waals surface area contributed by atoms with Gasteiger partial charge >= 0.3 is 6.09 Å². The number of amides is 1. The Hall–Kier alpha value is -2.61. The maximum Gasteiger partial charge on any atom is 0.408 e. The standard InChI is InChI=1S/C19H21BrN4O3/c1-12(21-18(26)27-19(2,3)4)16-22-23-11-10-14(20)15(23)17(25)24(16)13-8-6-5-7-9-13/h5-12H,1-4H3,(H,21,26)/t12-/m0/s1. The van der Waals surface area contributed by atoms with E-state index in [1.54, 1.807) is 40.0 Å². The molecule has 0 saturated carbocycles. The zero-order chi connectivity index (χ0) is 19.8. The molecule has 1 amide bonds. The summed E-state index contributed by atoms with van der Waals surface area (Å²) < 4.78 is 8.98. The maximum atomic E-state index is 13.2. The molecule has 0 spiro atoms. The smallest absolute Gasteiger partial charge is 0.408 e. The predicted molar refractivity (Wildman–Crippen MR) is 106 cm³/mol. The van der Waals surface area contributed by atoms with Crippen LogP contribution in [-0.4, -0.2) is 25.9 Å². The second-order valence-electron chi connectivity index (χ2n) is 7.16. The van der Waals surface area contributed by atoms with E-state index in [9.17, 15) is 9.59 Å². The van der Waals surface area contributed by atoms with Gasteiger partial charge in [-0.3, -0.25) is 9.36 Å². The second kappa shape index (κ2) is 7.19. The number of carbonyl (C=O) groups is 1. The quantitative estimate of drug-likeness (QED) is 0.681. The van der Waals surface area contributed by atoms with Crippen molar-refractivity contribution in [2.75, 3.05) is 0 Å². The predicted octanol–water partition coefficient (Wildman–Crippen LogP) is 3.83. The summed E-state index contributed by atoms with van der Waals surface area (Å²) in [5, 5.41) is 7.32. The van der Waals surface area contributed by atoms with Crippen molar-refractivity contribution in [1.29, 1.82) is 0 Å². The van der Waals surface area contributed by atoms with Gasteiger partial charge in [0, 0.05) is 6.20 Å². The van der Waals surface area contributed by atoms with Gasteiger partial charge in [-0.1, -0.05) is 18.2 Å². The normalized spacial score (nSPS) is 12.8. The minimum atomic E-state index is -0.619. The molecule has 7 nitrogen and oxygen atoms in total. The van der Waals surface area contributed by atoms with Gasteiger partial charge in [-0.05, 0) is 61.8 Å². The van der Waals surface area contributed by atoms with Crippen molar-refractivity contribution in [2.45, 2.75) is 39.3 Å². The van der Waals surface area contributed by atoms with Crippen molar-refractivity contribution in [2.24, 2.45) is 0 Å². The van der Waals surface area contributed by atoms with Gasteiger partial charge in [0.15, 0.2) is 5.82 Å². The molecule has 27 heavy (non-hydrogen) atoms. The average Bonchev–Trinajstić information content (AvgIpc) is 2.95. The van der Waals surface area contributed by atoms with Gasteiger partial charge in [0.05, 0.1) is 16.2 Å². The largest absolute Gasteiger partial charge is 0.444 e. The van der Waals surface area contributed by atoms with Crippen LogP contribution in [0.3, 0.4) is 0 Å². The lowest BCUT2D eigenvalue weighted by molar-refractivity contribution is 0.0505. The number of nitrogens with one attached hydrogen (secondary N) is 1. The van der Waals surface area contributed by atoms with Gasteiger partial charge in [0.25, 0.3) is 5.56 Å². The number of halogens is 1. The lowest BCUT2D eigenvalue weighted by Crippen LogP contribution is -2.37. The Morgan fingerprint density at radius 2 is 1.89 bits per heavy atom.